The number of nitrogens with zero attached hydrogens (tertiary/aromatic N) is 2. The van der Waals surface area contributed by atoms with Crippen LogP contribution in [0.25, 0.3) is 9.53 Å². The van der Waals surface area contributed by atoms with Crippen LogP contribution in [0.2, 0.25) is 0 Å². The van der Waals surface area contributed by atoms with Gasteiger partial charge < -0.3 is 16.0 Å². The molecule has 2 aromatic carbocycles. The normalized spacial score (nSPS) is 15.7. The summed E-state index contributed by atoms with van der Waals surface area (Å²) >= 11 is 2.84. The quantitative estimate of drug-likeness (QED) is 0.505. The van der Waals surface area contributed by atoms with E-state index in [1.54, 1.807) is 4.90 Å². The van der Waals surface area contributed by atoms with Crippen LogP contribution in [0, 0.1) is 0 Å². The second-order valence-electron chi connectivity index (χ2n) is 7.11. The molecule has 3 heterocycles. The van der Waals surface area contributed by atoms with E-state index >= 15 is 0 Å². The zero-order valence-corrected chi connectivity index (χ0v) is 17.5. The minimum atomic E-state index is -0.643. The predicted molar refractivity (Wildman–Crippen MR) is 120 cm³/mol. The number of anilines is 2. The number of para-hydroxylation sites is 1. The van der Waals surface area contributed by atoms with Crippen LogP contribution in [0.1, 0.15) is 20.8 Å². The highest BCUT2D eigenvalue weighted by molar-refractivity contribution is 7.29. The van der Waals surface area contributed by atoms with Crippen molar-refractivity contribution in [1.29, 1.82) is 0 Å². The number of primary amides is 1. The minimum Gasteiger partial charge on any atom is -0.368 e. The molecule has 0 spiro atoms. The summed E-state index contributed by atoms with van der Waals surface area (Å²) in [5.74, 6) is -0.662. The highest BCUT2D eigenvalue weighted by Gasteiger charge is 2.34. The third-order valence-corrected chi connectivity index (χ3v) is 7.23. The van der Waals surface area contributed by atoms with Gasteiger partial charge in [0, 0.05) is 18.7 Å². The average molecular weight is 435 g/mol. The summed E-state index contributed by atoms with van der Waals surface area (Å²) in [6, 6.07) is 18.9. The smallest absolute Gasteiger partial charge is 0.265 e. The lowest BCUT2D eigenvalue weighted by molar-refractivity contribution is -0.122. The topological polar surface area (TPSA) is 88.3 Å². The molecule has 3 N–H and O–H groups in total. The second-order valence-corrected chi connectivity index (χ2v) is 9.18. The van der Waals surface area contributed by atoms with Crippen molar-refractivity contribution in [2.75, 3.05) is 5.32 Å². The average Bonchev–Trinajstić information content (AvgIpc) is 3.31. The number of hydrogen-bond donors (Lipinski definition) is 2. The van der Waals surface area contributed by atoms with Crippen LogP contribution in [-0.2, 0) is 17.8 Å². The summed E-state index contributed by atoms with van der Waals surface area (Å²) in [6.45, 7) is 0.377. The Labute approximate surface area is 181 Å². The van der Waals surface area contributed by atoms with Gasteiger partial charge in [0.1, 0.15) is 10.9 Å². The van der Waals surface area contributed by atoms with Crippen molar-refractivity contribution in [2.24, 2.45) is 5.73 Å². The molecule has 0 unspecified atom stereocenters. The lowest BCUT2D eigenvalue weighted by Crippen LogP contribution is -2.51. The molecule has 6 nitrogen and oxygen atoms in total. The van der Waals surface area contributed by atoms with Crippen LogP contribution in [0.5, 0.6) is 0 Å². The molecule has 4 aromatic rings. The number of thiazole rings is 1. The lowest BCUT2D eigenvalue weighted by Gasteiger charge is -2.34. The standard InChI is InChI=1S/C22H18N4O2S2/c23-19(27)16-10-13-6-4-5-7-14(13)12-26(16)21(28)18-11-17-20(29-18)25-22(30-17)24-15-8-2-1-3-9-15/h1-9,11,16H,10,12H2,(H2,23,27)(H,24,25)/t16-/m0/s1. The van der Waals surface area contributed by atoms with E-state index in [-0.39, 0.29) is 5.91 Å². The maximum absolute atomic E-state index is 13.3. The van der Waals surface area contributed by atoms with Crippen LogP contribution in [0.15, 0.2) is 60.7 Å². The number of nitrogens with two attached hydrogens (primary N) is 1. The van der Waals surface area contributed by atoms with E-state index in [0.29, 0.717) is 17.8 Å². The molecule has 0 fully saturated rings. The number of hydrogen-bond acceptors (Lipinski definition) is 6. The Bertz CT molecular complexity index is 1220. The third kappa shape index (κ3) is 3.44. The predicted octanol–water partition coefficient (Wildman–Crippen LogP) is 4.15. The molecule has 0 radical (unpaired) electrons. The fourth-order valence-electron chi connectivity index (χ4n) is 3.67. The van der Waals surface area contributed by atoms with Crippen molar-refractivity contribution in [3.8, 4) is 0 Å². The van der Waals surface area contributed by atoms with Crippen molar-refractivity contribution >= 4 is 54.8 Å². The van der Waals surface area contributed by atoms with Crippen molar-refractivity contribution in [1.82, 2.24) is 9.88 Å². The van der Waals surface area contributed by atoms with E-state index in [1.165, 1.54) is 22.7 Å². The number of carbonyl (C=O) groups is 2. The molecule has 30 heavy (non-hydrogen) atoms. The van der Waals surface area contributed by atoms with E-state index < -0.39 is 11.9 Å². The SMILES string of the molecule is NC(=O)[C@@H]1Cc2ccccc2CN1C(=O)c1cc2sc(Nc3ccccc3)nc2s1. The number of amides is 2. The molecule has 1 aliphatic heterocycles. The summed E-state index contributed by atoms with van der Waals surface area (Å²) in [4.78, 5) is 32.9. The monoisotopic (exact) mass is 434 g/mol. The summed E-state index contributed by atoms with van der Waals surface area (Å²) in [5.41, 5.74) is 8.71. The largest absolute Gasteiger partial charge is 0.368 e. The van der Waals surface area contributed by atoms with E-state index in [9.17, 15) is 9.59 Å². The van der Waals surface area contributed by atoms with Crippen LogP contribution in [-0.4, -0.2) is 27.7 Å². The number of benzene rings is 2. The van der Waals surface area contributed by atoms with Crippen LogP contribution in [0.3, 0.4) is 0 Å². The molecular weight excluding hydrogens is 416 g/mol. The van der Waals surface area contributed by atoms with E-state index in [0.717, 1.165) is 31.5 Å². The molecule has 0 bridgehead atoms. The molecule has 2 aromatic heterocycles. The van der Waals surface area contributed by atoms with Crippen LogP contribution >= 0.6 is 22.7 Å². The summed E-state index contributed by atoms with van der Waals surface area (Å²) in [6.07, 6.45) is 0.445. The number of rotatable bonds is 4. The lowest BCUT2D eigenvalue weighted by atomic mass is 9.93. The Kier molecular flexibility index (Phi) is 4.72. The van der Waals surface area contributed by atoms with Gasteiger partial charge in [-0.3, -0.25) is 9.59 Å². The molecule has 2 amide bonds. The summed E-state index contributed by atoms with van der Waals surface area (Å²) in [7, 11) is 0. The van der Waals surface area contributed by atoms with Gasteiger partial charge in [0.05, 0.1) is 9.58 Å². The van der Waals surface area contributed by atoms with Crippen molar-refractivity contribution in [2.45, 2.75) is 19.0 Å². The molecule has 0 aliphatic carbocycles. The molecule has 5 rings (SSSR count). The zero-order chi connectivity index (χ0) is 20.7. The van der Waals surface area contributed by atoms with Gasteiger partial charge >= 0.3 is 0 Å². The molecular formula is C22H18N4O2S2. The van der Waals surface area contributed by atoms with E-state index in [2.05, 4.69) is 10.3 Å². The van der Waals surface area contributed by atoms with Crippen molar-refractivity contribution in [3.05, 3.63) is 76.7 Å². The fourth-order valence-corrected chi connectivity index (χ4v) is 5.76. The van der Waals surface area contributed by atoms with E-state index in [4.69, 9.17) is 5.73 Å². The molecule has 150 valence electrons. The first-order valence-corrected chi connectivity index (χ1v) is 11.1. The Morgan fingerprint density at radius 2 is 1.77 bits per heavy atom. The Morgan fingerprint density at radius 1 is 1.03 bits per heavy atom. The Balaban J connectivity index is 1.41. The highest BCUT2D eigenvalue weighted by Crippen LogP contribution is 2.35. The van der Waals surface area contributed by atoms with E-state index in [1.807, 2.05) is 60.7 Å². The van der Waals surface area contributed by atoms with Gasteiger partial charge in [-0.15, -0.1) is 11.3 Å². The Hall–Kier alpha value is -3.23. The number of carbonyl (C=O) groups excluding carboxylic acids is 2. The minimum absolute atomic E-state index is 0.180. The van der Waals surface area contributed by atoms with Crippen LogP contribution in [0.4, 0.5) is 10.8 Å². The van der Waals surface area contributed by atoms with Gasteiger partial charge in [-0.25, -0.2) is 4.98 Å². The van der Waals surface area contributed by atoms with Crippen molar-refractivity contribution in [3.63, 3.8) is 0 Å². The van der Waals surface area contributed by atoms with Gasteiger partial charge in [0.15, 0.2) is 5.13 Å². The summed E-state index contributed by atoms with van der Waals surface area (Å²) in [5, 5.41) is 4.06. The number of aromatic nitrogens is 1. The summed E-state index contributed by atoms with van der Waals surface area (Å²) < 4.78 is 0.940. The molecule has 1 aliphatic rings. The zero-order valence-electron chi connectivity index (χ0n) is 15.9. The molecule has 8 heteroatoms. The number of thiophene rings is 1. The van der Waals surface area contributed by atoms with Crippen LogP contribution < -0.4 is 11.1 Å². The first-order chi connectivity index (χ1) is 14.6. The fraction of sp³-hybridized carbons (Fsp3) is 0.136. The maximum Gasteiger partial charge on any atom is 0.265 e. The second kappa shape index (κ2) is 7.55. The van der Waals surface area contributed by atoms with Gasteiger partial charge in [0.25, 0.3) is 5.91 Å². The number of nitrogens with one attached hydrogen (secondary N) is 1. The van der Waals surface area contributed by atoms with Gasteiger partial charge in [-0.1, -0.05) is 53.8 Å². The third-order valence-electron chi connectivity index (χ3n) is 5.16. The molecule has 1 atom stereocenters. The van der Waals surface area contributed by atoms with Gasteiger partial charge in [0.2, 0.25) is 5.91 Å². The highest BCUT2D eigenvalue weighted by atomic mass is 32.1. The van der Waals surface area contributed by atoms with Gasteiger partial charge in [-0.2, -0.15) is 0 Å². The van der Waals surface area contributed by atoms with Gasteiger partial charge in [-0.05, 0) is 29.3 Å². The number of fused-ring (bicyclic) bond motifs is 2. The first-order valence-electron chi connectivity index (χ1n) is 9.48. The molecule has 0 saturated carbocycles. The maximum atomic E-state index is 13.3. The first kappa shape index (κ1) is 18.8. The Morgan fingerprint density at radius 3 is 2.50 bits per heavy atom. The molecule has 0 saturated heterocycles. The van der Waals surface area contributed by atoms with Crippen molar-refractivity contribution < 1.29 is 9.59 Å².